The summed E-state index contributed by atoms with van der Waals surface area (Å²) < 4.78 is 18.5. The summed E-state index contributed by atoms with van der Waals surface area (Å²) >= 11 is 0. The third-order valence-corrected chi connectivity index (χ3v) is 3.10. The van der Waals surface area contributed by atoms with Crippen LogP contribution in [0.1, 0.15) is 0 Å². The van der Waals surface area contributed by atoms with E-state index in [4.69, 9.17) is 4.74 Å². The molecule has 0 saturated carbocycles. The quantitative estimate of drug-likeness (QED) is 0.687. The number of pyridine rings is 1. The summed E-state index contributed by atoms with van der Waals surface area (Å²) in [6.45, 7) is 0. The van der Waals surface area contributed by atoms with E-state index in [2.05, 4.69) is 4.98 Å². The molecule has 2 nitrogen and oxygen atoms in total. The van der Waals surface area contributed by atoms with E-state index in [1.165, 1.54) is 12.1 Å². The van der Waals surface area contributed by atoms with E-state index in [-0.39, 0.29) is 5.82 Å². The second-order valence-electron chi connectivity index (χ2n) is 4.25. The molecule has 0 radical (unpaired) electrons. The Bertz CT molecular complexity index is 722. The van der Waals surface area contributed by atoms with Gasteiger partial charge in [-0.25, -0.2) is 4.39 Å². The lowest BCUT2D eigenvalue weighted by Crippen LogP contribution is -1.87. The molecule has 0 atom stereocenters. The maximum absolute atomic E-state index is 13.4. The Morgan fingerprint density at radius 3 is 2.53 bits per heavy atom. The van der Waals surface area contributed by atoms with E-state index in [1.807, 2.05) is 30.3 Å². The molecule has 0 saturated heterocycles. The van der Waals surface area contributed by atoms with Crippen molar-refractivity contribution in [3.63, 3.8) is 0 Å². The van der Waals surface area contributed by atoms with Gasteiger partial charge in [0.15, 0.2) is 0 Å². The van der Waals surface area contributed by atoms with Crippen molar-refractivity contribution in [3.05, 3.63) is 60.5 Å². The van der Waals surface area contributed by atoms with Crippen LogP contribution in [-0.4, -0.2) is 12.1 Å². The summed E-state index contributed by atoms with van der Waals surface area (Å²) in [5, 5.41) is 0.813. The first kappa shape index (κ1) is 11.7. The van der Waals surface area contributed by atoms with Gasteiger partial charge in [-0.3, -0.25) is 4.98 Å². The van der Waals surface area contributed by atoms with E-state index in [0.717, 1.165) is 27.8 Å². The van der Waals surface area contributed by atoms with Crippen LogP contribution in [0.3, 0.4) is 0 Å². The molecule has 2 aromatic carbocycles. The number of fused-ring (bicyclic) bond motifs is 1. The first-order valence-electron chi connectivity index (χ1n) is 5.96. The van der Waals surface area contributed by atoms with Gasteiger partial charge in [0.1, 0.15) is 11.6 Å². The molecule has 0 bridgehead atoms. The molecule has 1 heterocycles. The zero-order chi connectivity index (χ0) is 13.2. The Morgan fingerprint density at radius 1 is 1.00 bits per heavy atom. The highest BCUT2D eigenvalue weighted by atomic mass is 19.1. The topological polar surface area (TPSA) is 22.1 Å². The van der Waals surface area contributed by atoms with Crippen molar-refractivity contribution in [2.75, 3.05) is 7.11 Å². The van der Waals surface area contributed by atoms with Crippen molar-refractivity contribution in [2.45, 2.75) is 0 Å². The molecule has 0 aliphatic carbocycles. The summed E-state index contributed by atoms with van der Waals surface area (Å²) in [4.78, 5) is 4.25. The second kappa shape index (κ2) is 4.69. The van der Waals surface area contributed by atoms with Crippen LogP contribution >= 0.6 is 0 Å². The summed E-state index contributed by atoms with van der Waals surface area (Å²) in [7, 11) is 1.63. The molecule has 19 heavy (non-hydrogen) atoms. The van der Waals surface area contributed by atoms with Crippen molar-refractivity contribution in [3.8, 4) is 16.9 Å². The normalized spacial score (nSPS) is 10.6. The zero-order valence-corrected chi connectivity index (χ0v) is 10.4. The number of benzene rings is 2. The fraction of sp³-hybridized carbons (Fsp3) is 0.0625. The van der Waals surface area contributed by atoms with Crippen molar-refractivity contribution >= 4 is 10.9 Å². The predicted octanol–water partition coefficient (Wildman–Crippen LogP) is 4.05. The number of nitrogens with zero attached hydrogens (tertiary/aromatic N) is 1. The maximum atomic E-state index is 13.4. The van der Waals surface area contributed by atoms with Crippen LogP contribution in [0, 0.1) is 5.82 Å². The predicted molar refractivity (Wildman–Crippen MR) is 73.7 cm³/mol. The first-order chi connectivity index (χ1) is 9.28. The molecule has 3 rings (SSSR count). The average molecular weight is 253 g/mol. The highest BCUT2D eigenvalue weighted by Crippen LogP contribution is 2.29. The Balaban J connectivity index is 2.20. The van der Waals surface area contributed by atoms with Crippen LogP contribution in [0.25, 0.3) is 22.0 Å². The number of halogens is 1. The summed E-state index contributed by atoms with van der Waals surface area (Å²) in [5.41, 5.74) is 2.76. The highest BCUT2D eigenvalue weighted by Gasteiger charge is 2.05. The van der Waals surface area contributed by atoms with Gasteiger partial charge < -0.3 is 4.74 Å². The summed E-state index contributed by atoms with van der Waals surface area (Å²) in [6, 6.07) is 14.2. The lowest BCUT2D eigenvalue weighted by atomic mass is 10.0. The number of aromatic nitrogens is 1. The Labute approximate surface area is 110 Å². The van der Waals surface area contributed by atoms with Crippen LogP contribution in [0.15, 0.2) is 54.7 Å². The highest BCUT2D eigenvalue weighted by molar-refractivity contribution is 5.94. The molecular formula is C16H12FNO. The van der Waals surface area contributed by atoms with Gasteiger partial charge in [-0.2, -0.15) is 0 Å². The van der Waals surface area contributed by atoms with E-state index in [1.54, 1.807) is 19.4 Å². The second-order valence-corrected chi connectivity index (χ2v) is 4.25. The number of ether oxygens (including phenoxy) is 1. The molecule has 0 aliphatic heterocycles. The van der Waals surface area contributed by atoms with Crippen LogP contribution in [0.5, 0.6) is 5.75 Å². The third-order valence-electron chi connectivity index (χ3n) is 3.10. The fourth-order valence-electron chi connectivity index (χ4n) is 2.14. The van der Waals surface area contributed by atoms with Gasteiger partial charge in [0.25, 0.3) is 0 Å². The summed E-state index contributed by atoms with van der Waals surface area (Å²) in [5.74, 6) is 0.545. The molecule has 94 valence electrons. The maximum Gasteiger partial charge on any atom is 0.123 e. The Morgan fingerprint density at radius 2 is 1.79 bits per heavy atom. The monoisotopic (exact) mass is 253 g/mol. The van der Waals surface area contributed by atoms with E-state index in [9.17, 15) is 4.39 Å². The molecule has 3 heteroatoms. The van der Waals surface area contributed by atoms with Gasteiger partial charge in [0.05, 0.1) is 12.6 Å². The number of rotatable bonds is 2. The molecule has 0 spiro atoms. The number of hydrogen-bond acceptors (Lipinski definition) is 2. The molecular weight excluding hydrogens is 241 g/mol. The lowest BCUT2D eigenvalue weighted by molar-refractivity contribution is 0.415. The average Bonchev–Trinajstić information content (AvgIpc) is 2.47. The first-order valence-corrected chi connectivity index (χ1v) is 5.96. The molecule has 0 unspecified atom stereocenters. The minimum absolute atomic E-state index is 0.254. The van der Waals surface area contributed by atoms with Crippen molar-refractivity contribution in [2.24, 2.45) is 0 Å². The Kier molecular flexibility index (Phi) is 2.88. The van der Waals surface area contributed by atoms with Gasteiger partial charge in [0.2, 0.25) is 0 Å². The minimum atomic E-state index is -0.254. The molecule has 0 fully saturated rings. The van der Waals surface area contributed by atoms with Crippen LogP contribution in [0.4, 0.5) is 4.39 Å². The Hall–Kier alpha value is -2.42. The minimum Gasteiger partial charge on any atom is -0.497 e. The zero-order valence-electron chi connectivity index (χ0n) is 10.4. The van der Waals surface area contributed by atoms with Crippen LogP contribution < -0.4 is 4.74 Å². The standard InChI is InChI=1S/C16H12FNO/c1-19-13-5-2-11(3-6-13)14-8-9-18-16-7-4-12(17)10-15(14)16/h2-10H,1H3. The van der Waals surface area contributed by atoms with Crippen LogP contribution in [0.2, 0.25) is 0 Å². The van der Waals surface area contributed by atoms with Crippen molar-refractivity contribution in [1.82, 2.24) is 4.98 Å². The molecule has 0 N–H and O–H groups in total. The third kappa shape index (κ3) is 2.15. The largest absolute Gasteiger partial charge is 0.497 e. The molecule has 3 aromatic rings. The van der Waals surface area contributed by atoms with E-state index < -0.39 is 0 Å². The SMILES string of the molecule is COc1ccc(-c2ccnc3ccc(F)cc23)cc1. The number of methoxy groups -OCH3 is 1. The van der Waals surface area contributed by atoms with Crippen molar-refractivity contribution in [1.29, 1.82) is 0 Å². The molecule has 1 aromatic heterocycles. The lowest BCUT2D eigenvalue weighted by Gasteiger charge is -2.07. The van der Waals surface area contributed by atoms with Gasteiger partial charge in [-0.15, -0.1) is 0 Å². The van der Waals surface area contributed by atoms with E-state index >= 15 is 0 Å². The summed E-state index contributed by atoms with van der Waals surface area (Å²) in [6.07, 6.45) is 1.74. The molecule has 0 aliphatic rings. The van der Waals surface area contributed by atoms with Crippen molar-refractivity contribution < 1.29 is 9.13 Å². The van der Waals surface area contributed by atoms with E-state index in [0.29, 0.717) is 0 Å². The molecule has 0 amide bonds. The smallest absolute Gasteiger partial charge is 0.123 e. The fourth-order valence-corrected chi connectivity index (χ4v) is 2.14. The van der Waals surface area contributed by atoms with Gasteiger partial charge in [0, 0.05) is 11.6 Å². The van der Waals surface area contributed by atoms with Gasteiger partial charge >= 0.3 is 0 Å². The number of hydrogen-bond donors (Lipinski definition) is 0. The van der Waals surface area contributed by atoms with Gasteiger partial charge in [-0.05, 0) is 47.5 Å². The van der Waals surface area contributed by atoms with Crippen LogP contribution in [-0.2, 0) is 0 Å². The van der Waals surface area contributed by atoms with Gasteiger partial charge in [-0.1, -0.05) is 12.1 Å².